The summed E-state index contributed by atoms with van der Waals surface area (Å²) >= 11 is 1.74. The Balaban J connectivity index is 1.58. The molecule has 3 heterocycles. The first-order valence-electron chi connectivity index (χ1n) is 9.72. The number of para-hydroxylation sites is 2. The van der Waals surface area contributed by atoms with E-state index in [2.05, 4.69) is 53.7 Å². The highest BCUT2D eigenvalue weighted by molar-refractivity contribution is 7.12. The van der Waals surface area contributed by atoms with Crippen LogP contribution in [0.25, 0.3) is 0 Å². The molecule has 0 saturated carbocycles. The van der Waals surface area contributed by atoms with E-state index in [4.69, 9.17) is 14.6 Å². The standard InChI is InChI=1S/C23H22N2O2S/c1-2-13-26-20-10-5-4-9-17(20)23-25-19(16-8-3-6-11-21(16)27-23)15-18(24-25)22-12-7-14-28-22/h3-12,14,19,23H,2,13,15H2,1H3. The molecule has 5 heteroatoms. The maximum atomic E-state index is 6.46. The number of ether oxygens (including phenoxy) is 2. The maximum Gasteiger partial charge on any atom is 0.217 e. The Labute approximate surface area is 169 Å². The summed E-state index contributed by atoms with van der Waals surface area (Å²) in [6.45, 7) is 2.80. The minimum Gasteiger partial charge on any atom is -0.493 e. The van der Waals surface area contributed by atoms with Crippen LogP contribution in [0.5, 0.6) is 11.5 Å². The smallest absolute Gasteiger partial charge is 0.217 e. The van der Waals surface area contributed by atoms with E-state index >= 15 is 0 Å². The zero-order chi connectivity index (χ0) is 18.9. The van der Waals surface area contributed by atoms with E-state index in [9.17, 15) is 0 Å². The summed E-state index contributed by atoms with van der Waals surface area (Å²) in [5, 5.41) is 9.23. The van der Waals surface area contributed by atoms with E-state index < -0.39 is 0 Å². The van der Waals surface area contributed by atoms with Crippen LogP contribution in [0.4, 0.5) is 0 Å². The second kappa shape index (κ2) is 7.32. The topological polar surface area (TPSA) is 34.1 Å². The van der Waals surface area contributed by atoms with Crippen molar-refractivity contribution in [3.8, 4) is 11.5 Å². The van der Waals surface area contributed by atoms with E-state index in [-0.39, 0.29) is 12.3 Å². The van der Waals surface area contributed by atoms with Gasteiger partial charge in [-0.15, -0.1) is 11.3 Å². The number of hydrogen-bond acceptors (Lipinski definition) is 5. The lowest BCUT2D eigenvalue weighted by atomic mass is 9.97. The average Bonchev–Trinajstić information content (AvgIpc) is 3.42. The van der Waals surface area contributed by atoms with Gasteiger partial charge < -0.3 is 9.47 Å². The first-order chi connectivity index (χ1) is 13.8. The molecule has 0 aliphatic carbocycles. The summed E-state index contributed by atoms with van der Waals surface area (Å²) in [5.41, 5.74) is 3.34. The molecule has 5 rings (SSSR count). The third-order valence-electron chi connectivity index (χ3n) is 5.15. The quantitative estimate of drug-likeness (QED) is 0.554. The van der Waals surface area contributed by atoms with Crippen molar-refractivity contribution in [2.24, 2.45) is 5.10 Å². The summed E-state index contributed by atoms with van der Waals surface area (Å²) in [4.78, 5) is 1.22. The van der Waals surface area contributed by atoms with E-state index in [1.165, 1.54) is 10.4 Å². The van der Waals surface area contributed by atoms with Gasteiger partial charge in [0.1, 0.15) is 11.5 Å². The normalized spacial score (nSPS) is 20.2. The molecule has 2 aromatic carbocycles. The summed E-state index contributed by atoms with van der Waals surface area (Å²) < 4.78 is 12.5. The molecular formula is C23H22N2O2S. The molecule has 0 spiro atoms. The molecule has 3 aromatic rings. The molecule has 4 nitrogen and oxygen atoms in total. The lowest BCUT2D eigenvalue weighted by Gasteiger charge is -2.38. The minimum absolute atomic E-state index is 0.172. The number of rotatable bonds is 5. The highest BCUT2D eigenvalue weighted by Gasteiger charge is 2.41. The van der Waals surface area contributed by atoms with Crippen molar-refractivity contribution >= 4 is 17.0 Å². The zero-order valence-electron chi connectivity index (χ0n) is 15.7. The van der Waals surface area contributed by atoms with Crippen molar-refractivity contribution in [3.63, 3.8) is 0 Å². The molecule has 0 bridgehead atoms. The van der Waals surface area contributed by atoms with Gasteiger partial charge in [0.25, 0.3) is 0 Å². The third-order valence-corrected chi connectivity index (χ3v) is 6.07. The fourth-order valence-corrected chi connectivity index (χ4v) is 4.58. The highest BCUT2D eigenvalue weighted by Crippen LogP contribution is 2.48. The molecule has 2 aliphatic heterocycles. The number of hydrazone groups is 1. The van der Waals surface area contributed by atoms with E-state index in [0.29, 0.717) is 6.61 Å². The summed E-state index contributed by atoms with van der Waals surface area (Å²) in [6.07, 6.45) is 1.55. The van der Waals surface area contributed by atoms with Crippen molar-refractivity contribution in [3.05, 3.63) is 82.0 Å². The van der Waals surface area contributed by atoms with Crippen LogP contribution in [-0.4, -0.2) is 17.3 Å². The van der Waals surface area contributed by atoms with Crippen molar-refractivity contribution in [2.45, 2.75) is 32.0 Å². The Hall–Kier alpha value is -2.79. The fraction of sp³-hybridized carbons (Fsp3) is 0.261. The van der Waals surface area contributed by atoms with Crippen LogP contribution in [0.15, 0.2) is 71.1 Å². The molecule has 142 valence electrons. The molecule has 0 radical (unpaired) electrons. The molecule has 2 atom stereocenters. The van der Waals surface area contributed by atoms with Gasteiger partial charge in [0.2, 0.25) is 6.23 Å². The largest absolute Gasteiger partial charge is 0.493 e. The third kappa shape index (κ3) is 2.96. The van der Waals surface area contributed by atoms with E-state index in [1.807, 2.05) is 24.3 Å². The summed E-state index contributed by atoms with van der Waals surface area (Å²) in [7, 11) is 0. The molecule has 2 aliphatic rings. The van der Waals surface area contributed by atoms with Gasteiger partial charge in [-0.25, -0.2) is 5.01 Å². The number of fused-ring (bicyclic) bond motifs is 3. The SMILES string of the molecule is CCCOc1ccccc1C1Oc2ccccc2C2CC(c3cccs3)=NN21. The van der Waals surface area contributed by atoms with Gasteiger partial charge in [-0.1, -0.05) is 43.3 Å². The minimum atomic E-state index is -0.301. The van der Waals surface area contributed by atoms with Crippen LogP contribution in [-0.2, 0) is 0 Å². The lowest BCUT2D eigenvalue weighted by molar-refractivity contribution is -0.0206. The van der Waals surface area contributed by atoms with Crippen LogP contribution in [0, 0.1) is 0 Å². The van der Waals surface area contributed by atoms with Gasteiger partial charge in [0, 0.05) is 12.0 Å². The maximum absolute atomic E-state index is 6.46. The van der Waals surface area contributed by atoms with Crippen LogP contribution < -0.4 is 9.47 Å². The predicted molar refractivity (Wildman–Crippen MR) is 112 cm³/mol. The van der Waals surface area contributed by atoms with Crippen molar-refractivity contribution in [1.29, 1.82) is 0 Å². The summed E-state index contributed by atoms with van der Waals surface area (Å²) in [5.74, 6) is 1.80. The molecule has 2 unspecified atom stereocenters. The van der Waals surface area contributed by atoms with E-state index in [0.717, 1.165) is 35.6 Å². The molecule has 0 fully saturated rings. The Morgan fingerprint density at radius 1 is 1.07 bits per heavy atom. The number of benzene rings is 2. The average molecular weight is 391 g/mol. The van der Waals surface area contributed by atoms with E-state index in [1.54, 1.807) is 11.3 Å². The molecule has 1 aromatic heterocycles. The van der Waals surface area contributed by atoms with Gasteiger partial charge in [0.05, 0.1) is 28.8 Å². The van der Waals surface area contributed by atoms with Crippen molar-refractivity contribution in [1.82, 2.24) is 5.01 Å². The van der Waals surface area contributed by atoms with Gasteiger partial charge in [-0.3, -0.25) is 0 Å². The molecule has 0 amide bonds. The predicted octanol–water partition coefficient (Wildman–Crippen LogP) is 5.78. The van der Waals surface area contributed by atoms with Gasteiger partial charge in [-0.2, -0.15) is 5.10 Å². The Bertz CT molecular complexity index is 999. The summed E-state index contributed by atoms with van der Waals surface area (Å²) in [6, 6.07) is 20.8. The Morgan fingerprint density at radius 2 is 1.89 bits per heavy atom. The van der Waals surface area contributed by atoms with Gasteiger partial charge in [0.15, 0.2) is 0 Å². The molecule has 0 saturated heterocycles. The molecular weight excluding hydrogens is 368 g/mol. The number of nitrogens with zero attached hydrogens (tertiary/aromatic N) is 2. The van der Waals surface area contributed by atoms with Crippen molar-refractivity contribution < 1.29 is 9.47 Å². The number of thiophene rings is 1. The monoisotopic (exact) mass is 390 g/mol. The first kappa shape index (κ1) is 17.3. The lowest BCUT2D eigenvalue weighted by Crippen LogP contribution is -2.34. The Morgan fingerprint density at radius 3 is 2.71 bits per heavy atom. The van der Waals surface area contributed by atoms with Gasteiger partial charge in [-0.05, 0) is 36.1 Å². The fourth-order valence-electron chi connectivity index (χ4n) is 3.86. The zero-order valence-corrected chi connectivity index (χ0v) is 16.6. The number of hydrogen-bond donors (Lipinski definition) is 0. The van der Waals surface area contributed by atoms with Crippen LogP contribution >= 0.6 is 11.3 Å². The first-order valence-corrected chi connectivity index (χ1v) is 10.6. The van der Waals surface area contributed by atoms with Gasteiger partial charge >= 0.3 is 0 Å². The van der Waals surface area contributed by atoms with Crippen LogP contribution in [0.1, 0.15) is 48.0 Å². The molecule has 0 N–H and O–H groups in total. The second-order valence-electron chi connectivity index (χ2n) is 7.02. The van der Waals surface area contributed by atoms with Crippen LogP contribution in [0.2, 0.25) is 0 Å². The molecule has 28 heavy (non-hydrogen) atoms. The Kier molecular flexibility index (Phi) is 4.53. The van der Waals surface area contributed by atoms with Crippen LogP contribution in [0.3, 0.4) is 0 Å². The second-order valence-corrected chi connectivity index (χ2v) is 7.97. The highest BCUT2D eigenvalue weighted by atomic mass is 32.1. The van der Waals surface area contributed by atoms with Crippen molar-refractivity contribution in [2.75, 3.05) is 6.61 Å².